The van der Waals surface area contributed by atoms with Crippen molar-refractivity contribution < 1.29 is 13.9 Å². The molecule has 1 atom stereocenters. The molecule has 154 valence electrons. The van der Waals surface area contributed by atoms with Gasteiger partial charge in [-0.2, -0.15) is 0 Å². The van der Waals surface area contributed by atoms with Gasteiger partial charge < -0.3 is 9.64 Å². The van der Waals surface area contributed by atoms with E-state index >= 15 is 0 Å². The fourth-order valence-electron chi connectivity index (χ4n) is 4.08. The maximum absolute atomic E-state index is 13.4. The maximum Gasteiger partial charge on any atom is 0.230 e. The van der Waals surface area contributed by atoms with Crippen LogP contribution in [-0.2, 0) is 18.3 Å². The van der Waals surface area contributed by atoms with E-state index in [1.165, 1.54) is 12.1 Å². The summed E-state index contributed by atoms with van der Waals surface area (Å²) in [4.78, 5) is 15.0. The number of fused-ring (bicyclic) bond motifs is 1. The summed E-state index contributed by atoms with van der Waals surface area (Å²) >= 11 is 0. The first-order valence-corrected chi connectivity index (χ1v) is 10.3. The van der Waals surface area contributed by atoms with Crippen molar-refractivity contribution in [2.24, 2.45) is 13.0 Å². The molecule has 2 aromatic carbocycles. The summed E-state index contributed by atoms with van der Waals surface area (Å²) in [6, 6.07) is 10.0. The van der Waals surface area contributed by atoms with Gasteiger partial charge >= 0.3 is 0 Å². The second kappa shape index (κ2) is 7.23. The van der Waals surface area contributed by atoms with Crippen molar-refractivity contribution in [3.8, 4) is 22.8 Å². The number of benzene rings is 2. The van der Waals surface area contributed by atoms with Crippen molar-refractivity contribution >= 4 is 11.6 Å². The molecule has 5 rings (SSSR count). The number of rotatable bonds is 4. The maximum atomic E-state index is 13.4. The lowest BCUT2D eigenvalue weighted by Gasteiger charge is -2.36. The number of anilines is 1. The molecule has 0 bridgehead atoms. The Hall–Kier alpha value is -3.22. The highest BCUT2D eigenvalue weighted by atomic mass is 19.1. The summed E-state index contributed by atoms with van der Waals surface area (Å²) in [6.07, 6.45) is 5.41. The zero-order chi connectivity index (χ0) is 20.8. The second-order valence-electron chi connectivity index (χ2n) is 8.14. The second-order valence-corrected chi connectivity index (χ2v) is 8.14. The Morgan fingerprint density at radius 3 is 2.57 bits per heavy atom. The van der Waals surface area contributed by atoms with E-state index in [-0.39, 0.29) is 23.7 Å². The highest BCUT2D eigenvalue weighted by molar-refractivity contribution is 5.99. The van der Waals surface area contributed by atoms with Crippen LogP contribution >= 0.6 is 0 Å². The molecule has 1 fully saturated rings. The van der Waals surface area contributed by atoms with Crippen molar-refractivity contribution in [1.29, 1.82) is 0 Å². The van der Waals surface area contributed by atoms with E-state index in [1.54, 1.807) is 16.8 Å². The molecular weight excluding hydrogens is 383 g/mol. The fourth-order valence-corrected chi connectivity index (χ4v) is 4.08. The third-order valence-corrected chi connectivity index (χ3v) is 5.82. The summed E-state index contributed by atoms with van der Waals surface area (Å²) in [5.74, 6) is 1.21. The van der Waals surface area contributed by atoms with Gasteiger partial charge in [-0.1, -0.05) is 5.21 Å². The molecule has 1 amide bonds. The molecule has 1 aliphatic carbocycles. The van der Waals surface area contributed by atoms with Crippen molar-refractivity contribution in [3.05, 3.63) is 54.0 Å². The molecule has 1 unspecified atom stereocenters. The van der Waals surface area contributed by atoms with Gasteiger partial charge in [0.25, 0.3) is 0 Å². The van der Waals surface area contributed by atoms with E-state index in [4.69, 9.17) is 4.74 Å². The zero-order valence-electron chi connectivity index (χ0n) is 17.0. The molecule has 6 nitrogen and oxygen atoms in total. The van der Waals surface area contributed by atoms with Gasteiger partial charge in [0.05, 0.1) is 11.9 Å². The minimum Gasteiger partial charge on any atom is -0.456 e. The summed E-state index contributed by atoms with van der Waals surface area (Å²) in [5.41, 5.74) is 3.38. The van der Waals surface area contributed by atoms with Gasteiger partial charge in [0.1, 0.15) is 23.0 Å². The zero-order valence-corrected chi connectivity index (χ0v) is 17.0. The average Bonchev–Trinajstić information content (AvgIpc) is 3.50. The summed E-state index contributed by atoms with van der Waals surface area (Å²) in [7, 11) is 1.81. The van der Waals surface area contributed by atoms with Crippen LogP contribution in [0.15, 0.2) is 42.6 Å². The molecule has 1 saturated carbocycles. The minimum atomic E-state index is -0.318. The number of aryl methyl sites for hydroxylation is 1. The van der Waals surface area contributed by atoms with Gasteiger partial charge in [-0.05, 0) is 69.0 Å². The molecule has 30 heavy (non-hydrogen) atoms. The Morgan fingerprint density at radius 2 is 1.90 bits per heavy atom. The highest BCUT2D eigenvalue weighted by Gasteiger charge is 2.39. The van der Waals surface area contributed by atoms with Crippen molar-refractivity contribution in [2.45, 2.75) is 38.6 Å². The molecule has 0 spiro atoms. The third-order valence-electron chi connectivity index (χ3n) is 5.82. The fraction of sp³-hybridized carbons (Fsp3) is 0.348. The van der Waals surface area contributed by atoms with E-state index in [0.717, 1.165) is 42.5 Å². The van der Waals surface area contributed by atoms with Gasteiger partial charge in [-0.15, -0.1) is 5.10 Å². The molecule has 0 radical (unpaired) electrons. The van der Waals surface area contributed by atoms with Gasteiger partial charge in [0, 0.05) is 30.1 Å². The van der Waals surface area contributed by atoms with Crippen LogP contribution in [0, 0.1) is 11.7 Å². The number of hydrogen-bond donors (Lipinski definition) is 0. The highest BCUT2D eigenvalue weighted by Crippen LogP contribution is 2.45. The van der Waals surface area contributed by atoms with Crippen molar-refractivity contribution in [1.82, 2.24) is 15.0 Å². The van der Waals surface area contributed by atoms with E-state index < -0.39 is 0 Å². The smallest absolute Gasteiger partial charge is 0.230 e. The van der Waals surface area contributed by atoms with Gasteiger partial charge in [0.2, 0.25) is 5.91 Å². The lowest BCUT2D eigenvalue weighted by molar-refractivity contribution is -0.120. The van der Waals surface area contributed by atoms with Crippen LogP contribution in [0.25, 0.3) is 11.3 Å². The Balaban J connectivity index is 1.64. The lowest BCUT2D eigenvalue weighted by Crippen LogP contribution is -2.43. The van der Waals surface area contributed by atoms with Crippen LogP contribution < -0.4 is 9.64 Å². The molecule has 0 N–H and O–H groups in total. The van der Waals surface area contributed by atoms with E-state index in [9.17, 15) is 9.18 Å². The molecule has 0 saturated heterocycles. The Bertz CT molecular complexity index is 1100. The summed E-state index contributed by atoms with van der Waals surface area (Å²) in [6.45, 7) is 2.10. The number of aromatic nitrogens is 3. The molecule has 2 aliphatic rings. The van der Waals surface area contributed by atoms with Gasteiger partial charge in [-0.25, -0.2) is 4.39 Å². The summed E-state index contributed by atoms with van der Waals surface area (Å²) in [5, 5.41) is 8.30. The number of ether oxygens (including phenoxy) is 1. The van der Waals surface area contributed by atoms with Crippen molar-refractivity contribution in [3.63, 3.8) is 0 Å². The molecule has 7 heteroatoms. The first-order chi connectivity index (χ1) is 14.5. The first kappa shape index (κ1) is 18.8. The standard InChI is InChI=1S/C23H23FN4O2/c1-14-3-10-19-21(28(14)23(29)15-4-5-15)12-11-18(20-13-27(2)26-25-20)22(19)30-17-8-6-16(24)7-9-17/h6-9,11-15H,3-5,10H2,1-2H3. The monoisotopic (exact) mass is 406 g/mol. The van der Waals surface area contributed by atoms with Crippen molar-refractivity contribution in [2.75, 3.05) is 4.90 Å². The SMILES string of the molecule is CC1CCc2c(ccc(-c3cn(C)nn3)c2Oc2ccc(F)cc2)N1C(=O)C1CC1. The number of hydrogen-bond acceptors (Lipinski definition) is 4. The topological polar surface area (TPSA) is 60.2 Å². The Morgan fingerprint density at radius 1 is 1.13 bits per heavy atom. The predicted molar refractivity (Wildman–Crippen MR) is 111 cm³/mol. The summed E-state index contributed by atoms with van der Waals surface area (Å²) < 4.78 is 21.3. The largest absolute Gasteiger partial charge is 0.456 e. The van der Waals surface area contributed by atoms with Crippen LogP contribution in [0.5, 0.6) is 11.5 Å². The van der Waals surface area contributed by atoms with E-state index in [0.29, 0.717) is 17.2 Å². The molecule has 1 aliphatic heterocycles. The number of carbonyl (C=O) groups is 1. The Kier molecular flexibility index (Phi) is 4.53. The molecular formula is C23H23FN4O2. The van der Waals surface area contributed by atoms with Crippen LogP contribution in [0.3, 0.4) is 0 Å². The van der Waals surface area contributed by atoms with Gasteiger partial charge in [-0.3, -0.25) is 9.48 Å². The van der Waals surface area contributed by atoms with Gasteiger partial charge in [0.15, 0.2) is 0 Å². The number of nitrogens with zero attached hydrogens (tertiary/aromatic N) is 4. The van der Waals surface area contributed by atoms with Crippen LogP contribution in [-0.4, -0.2) is 26.9 Å². The van der Waals surface area contributed by atoms with Crippen LogP contribution in [0.4, 0.5) is 10.1 Å². The quantitative estimate of drug-likeness (QED) is 0.641. The molecule has 1 aromatic heterocycles. The third kappa shape index (κ3) is 3.34. The molecule has 2 heterocycles. The Labute approximate surface area is 174 Å². The predicted octanol–water partition coefficient (Wildman–Crippen LogP) is 4.49. The number of amides is 1. The minimum absolute atomic E-state index is 0.138. The molecule has 3 aromatic rings. The normalized spacial score (nSPS) is 18.2. The van der Waals surface area contributed by atoms with Crippen LogP contribution in [0.1, 0.15) is 31.7 Å². The van der Waals surface area contributed by atoms with Crippen LogP contribution in [0.2, 0.25) is 0 Å². The number of carbonyl (C=O) groups excluding carboxylic acids is 1. The van der Waals surface area contributed by atoms with E-state index in [1.807, 2.05) is 30.3 Å². The first-order valence-electron chi connectivity index (χ1n) is 10.3. The number of halogens is 1. The lowest BCUT2D eigenvalue weighted by atomic mass is 9.92. The average molecular weight is 406 g/mol. The van der Waals surface area contributed by atoms with E-state index in [2.05, 4.69) is 17.2 Å².